The van der Waals surface area contributed by atoms with E-state index in [1.54, 1.807) is 13.0 Å². The predicted molar refractivity (Wildman–Crippen MR) is 49.0 cm³/mol. The van der Waals surface area contributed by atoms with Gasteiger partial charge in [-0.3, -0.25) is 4.79 Å². The zero-order chi connectivity index (χ0) is 10.1. The summed E-state index contributed by atoms with van der Waals surface area (Å²) < 4.78 is 5.05. The van der Waals surface area contributed by atoms with E-state index in [9.17, 15) is 4.79 Å². The van der Waals surface area contributed by atoms with Crippen molar-refractivity contribution in [1.29, 1.82) is 0 Å². The summed E-state index contributed by atoms with van der Waals surface area (Å²) in [5.74, 6) is 0.643. The molecule has 2 heterocycles. The van der Waals surface area contributed by atoms with Gasteiger partial charge >= 0.3 is 0 Å². The van der Waals surface area contributed by atoms with Crippen molar-refractivity contribution in [3.63, 3.8) is 0 Å². The Hall–Kier alpha value is -2.04. The van der Waals surface area contributed by atoms with Gasteiger partial charge in [0.1, 0.15) is 11.6 Å². The van der Waals surface area contributed by atoms with E-state index in [2.05, 4.69) is 9.97 Å². The molecule has 0 radical (unpaired) electrons. The fourth-order valence-corrected chi connectivity index (χ4v) is 1.20. The normalized spacial score (nSPS) is 10.4. The van der Waals surface area contributed by atoms with Gasteiger partial charge in [-0.05, 0) is 13.0 Å². The van der Waals surface area contributed by atoms with Crippen molar-refractivity contribution in [2.75, 3.05) is 0 Å². The summed E-state index contributed by atoms with van der Waals surface area (Å²) in [6.45, 7) is 1.75. The summed E-state index contributed by atoms with van der Waals surface area (Å²) in [5, 5.41) is 9.12. The molecule has 5 heteroatoms. The van der Waals surface area contributed by atoms with Crippen LogP contribution in [0.1, 0.15) is 5.76 Å². The van der Waals surface area contributed by atoms with Crippen LogP contribution in [0.2, 0.25) is 0 Å². The van der Waals surface area contributed by atoms with E-state index in [1.165, 1.54) is 6.26 Å². The van der Waals surface area contributed by atoms with E-state index < -0.39 is 5.56 Å². The summed E-state index contributed by atoms with van der Waals surface area (Å²) in [4.78, 5) is 17.3. The standard InChI is InChI=1S/C9H8N2O3/c1-5-6(2-3-14-5)9-10-7(12)4-8(13)11-9/h2-4H,1H3,(H2,10,11,12,13). The summed E-state index contributed by atoms with van der Waals surface area (Å²) in [5.41, 5.74) is 0.270. The third kappa shape index (κ3) is 1.39. The molecule has 72 valence electrons. The van der Waals surface area contributed by atoms with Gasteiger partial charge in [0.25, 0.3) is 5.56 Å². The molecule has 0 aromatic carbocycles. The van der Waals surface area contributed by atoms with Crippen molar-refractivity contribution in [2.24, 2.45) is 0 Å². The summed E-state index contributed by atoms with van der Waals surface area (Å²) in [7, 11) is 0. The fourth-order valence-electron chi connectivity index (χ4n) is 1.20. The van der Waals surface area contributed by atoms with Crippen molar-refractivity contribution in [2.45, 2.75) is 6.92 Å². The number of aromatic nitrogens is 2. The van der Waals surface area contributed by atoms with Crippen LogP contribution in [0.5, 0.6) is 5.88 Å². The van der Waals surface area contributed by atoms with Crippen molar-refractivity contribution in [3.8, 4) is 17.3 Å². The minimum Gasteiger partial charge on any atom is -0.493 e. The number of hydrogen-bond acceptors (Lipinski definition) is 4. The first kappa shape index (κ1) is 8.55. The highest BCUT2D eigenvalue weighted by Crippen LogP contribution is 2.20. The highest BCUT2D eigenvalue weighted by molar-refractivity contribution is 5.56. The molecule has 0 saturated carbocycles. The number of rotatable bonds is 1. The third-order valence-corrected chi connectivity index (χ3v) is 1.84. The molecule has 2 N–H and O–H groups in total. The molecular weight excluding hydrogens is 184 g/mol. The highest BCUT2D eigenvalue weighted by atomic mass is 16.3. The molecule has 2 aromatic rings. The minimum atomic E-state index is -0.395. The van der Waals surface area contributed by atoms with Crippen molar-refractivity contribution in [1.82, 2.24) is 9.97 Å². The number of hydrogen-bond donors (Lipinski definition) is 2. The van der Waals surface area contributed by atoms with Crippen LogP contribution in [0.3, 0.4) is 0 Å². The van der Waals surface area contributed by atoms with Gasteiger partial charge in [0.2, 0.25) is 5.88 Å². The zero-order valence-electron chi connectivity index (χ0n) is 7.44. The number of aromatic amines is 1. The number of aryl methyl sites for hydroxylation is 1. The lowest BCUT2D eigenvalue weighted by Crippen LogP contribution is -2.06. The number of nitrogens with one attached hydrogen (secondary N) is 1. The fraction of sp³-hybridized carbons (Fsp3) is 0.111. The molecular formula is C9H8N2O3. The monoisotopic (exact) mass is 192 g/mol. The van der Waals surface area contributed by atoms with Crippen LogP contribution >= 0.6 is 0 Å². The number of H-pyrrole nitrogens is 1. The first-order chi connectivity index (χ1) is 6.66. The average molecular weight is 192 g/mol. The van der Waals surface area contributed by atoms with Crippen molar-refractivity contribution in [3.05, 3.63) is 34.5 Å². The lowest BCUT2D eigenvalue weighted by atomic mass is 10.2. The van der Waals surface area contributed by atoms with Crippen molar-refractivity contribution >= 4 is 0 Å². The molecule has 0 aliphatic carbocycles. The SMILES string of the molecule is Cc1occc1-c1nc(O)cc(=O)[nH]1. The largest absolute Gasteiger partial charge is 0.493 e. The lowest BCUT2D eigenvalue weighted by Gasteiger charge is -1.97. The molecule has 0 unspecified atom stereocenters. The van der Waals surface area contributed by atoms with Gasteiger partial charge in [0.05, 0.1) is 17.9 Å². The Morgan fingerprint density at radius 1 is 1.57 bits per heavy atom. The first-order valence-corrected chi connectivity index (χ1v) is 4.01. The van der Waals surface area contributed by atoms with Gasteiger partial charge in [-0.25, -0.2) is 0 Å². The lowest BCUT2D eigenvalue weighted by molar-refractivity contribution is 0.452. The Morgan fingerprint density at radius 2 is 2.36 bits per heavy atom. The maximum atomic E-state index is 11.0. The number of nitrogens with zero attached hydrogens (tertiary/aromatic N) is 1. The molecule has 0 fully saturated rings. The quantitative estimate of drug-likeness (QED) is 0.707. The second kappa shape index (κ2) is 3.02. The van der Waals surface area contributed by atoms with E-state index in [0.29, 0.717) is 17.1 Å². The third-order valence-electron chi connectivity index (χ3n) is 1.84. The molecule has 0 aliphatic rings. The van der Waals surface area contributed by atoms with Crippen LogP contribution in [-0.2, 0) is 0 Å². The number of furan rings is 1. The summed E-state index contributed by atoms with van der Waals surface area (Å²) in [6.07, 6.45) is 1.49. The van der Waals surface area contributed by atoms with Crippen molar-refractivity contribution < 1.29 is 9.52 Å². The molecule has 0 bridgehead atoms. The minimum absolute atomic E-state index is 0.302. The molecule has 2 aromatic heterocycles. The van der Waals surface area contributed by atoms with Gasteiger partial charge in [0, 0.05) is 0 Å². The van der Waals surface area contributed by atoms with Gasteiger partial charge in [-0.15, -0.1) is 0 Å². The van der Waals surface area contributed by atoms with E-state index >= 15 is 0 Å². The summed E-state index contributed by atoms with van der Waals surface area (Å²) in [6, 6.07) is 2.69. The van der Waals surface area contributed by atoms with E-state index in [-0.39, 0.29) is 5.88 Å². The highest BCUT2D eigenvalue weighted by Gasteiger charge is 2.07. The predicted octanol–water partition coefficient (Wildman–Crippen LogP) is 1.04. The van der Waals surface area contributed by atoms with Crippen LogP contribution in [-0.4, -0.2) is 15.1 Å². The van der Waals surface area contributed by atoms with E-state index in [1.807, 2.05) is 0 Å². The second-order valence-corrected chi connectivity index (χ2v) is 2.84. The Labute approximate surface area is 79.0 Å². The average Bonchev–Trinajstić information content (AvgIpc) is 2.49. The molecule has 2 rings (SSSR count). The maximum Gasteiger partial charge on any atom is 0.254 e. The Kier molecular flexibility index (Phi) is 1.85. The Bertz CT molecular complexity index is 513. The zero-order valence-corrected chi connectivity index (χ0v) is 7.44. The van der Waals surface area contributed by atoms with Gasteiger partial charge in [-0.2, -0.15) is 4.98 Å². The molecule has 0 amide bonds. The smallest absolute Gasteiger partial charge is 0.254 e. The Morgan fingerprint density at radius 3 is 2.93 bits per heavy atom. The van der Waals surface area contributed by atoms with E-state index in [4.69, 9.17) is 9.52 Å². The second-order valence-electron chi connectivity index (χ2n) is 2.84. The Balaban J connectivity index is 2.63. The van der Waals surface area contributed by atoms with Gasteiger partial charge in [0.15, 0.2) is 0 Å². The molecule has 0 spiro atoms. The van der Waals surface area contributed by atoms with Crippen LogP contribution in [0, 0.1) is 6.92 Å². The van der Waals surface area contributed by atoms with Gasteiger partial charge < -0.3 is 14.5 Å². The van der Waals surface area contributed by atoms with E-state index in [0.717, 1.165) is 6.07 Å². The molecule has 5 nitrogen and oxygen atoms in total. The molecule has 0 aliphatic heterocycles. The van der Waals surface area contributed by atoms with Crippen LogP contribution in [0.4, 0.5) is 0 Å². The van der Waals surface area contributed by atoms with Crippen LogP contribution in [0.25, 0.3) is 11.4 Å². The summed E-state index contributed by atoms with van der Waals surface area (Å²) >= 11 is 0. The molecule has 0 saturated heterocycles. The maximum absolute atomic E-state index is 11.0. The molecule has 0 atom stereocenters. The van der Waals surface area contributed by atoms with Gasteiger partial charge in [-0.1, -0.05) is 0 Å². The first-order valence-electron chi connectivity index (χ1n) is 4.01. The van der Waals surface area contributed by atoms with Crippen LogP contribution < -0.4 is 5.56 Å². The topological polar surface area (TPSA) is 79.1 Å². The molecule has 14 heavy (non-hydrogen) atoms. The van der Waals surface area contributed by atoms with Crippen LogP contribution in [0.15, 0.2) is 27.6 Å². The number of aromatic hydroxyl groups is 1.